The van der Waals surface area contributed by atoms with Crippen molar-refractivity contribution in [1.29, 1.82) is 0 Å². The van der Waals surface area contributed by atoms with Crippen molar-refractivity contribution < 1.29 is 43.0 Å². The first-order valence-corrected chi connectivity index (χ1v) is 30.4. The molecule has 7 aromatic rings. The lowest BCUT2D eigenvalue weighted by Crippen LogP contribution is -2.49. The first-order chi connectivity index (χ1) is 42.2. The summed E-state index contributed by atoms with van der Waals surface area (Å²) in [5, 5.41) is 1.62. The molecule has 3 amide bonds. The molecule has 7 aromatic carbocycles. The maximum Gasteiger partial charge on any atom is 0.253 e. The number of Topliss-reactive ketones (excluding diaryl/α,β-unsaturated/α-hetero) is 3. The Bertz CT molecular complexity index is 3420. The zero-order valence-corrected chi connectivity index (χ0v) is 51.4. The molecular formula is C69H73Cl3N6O9. The molecule has 10 rings (SSSR count). The van der Waals surface area contributed by atoms with Crippen LogP contribution in [-0.4, -0.2) is 148 Å². The Morgan fingerprint density at radius 3 is 1.15 bits per heavy atom. The zero-order valence-electron chi connectivity index (χ0n) is 49.2. The highest BCUT2D eigenvalue weighted by Gasteiger charge is 2.26. The lowest BCUT2D eigenvalue weighted by molar-refractivity contribution is -0.131. The number of amides is 3. The smallest absolute Gasteiger partial charge is 0.253 e. The first-order valence-electron chi connectivity index (χ1n) is 29.3. The van der Waals surface area contributed by atoms with Crippen molar-refractivity contribution >= 4 is 86.9 Å². The molecule has 3 heterocycles. The predicted octanol–water partition coefficient (Wildman–Crippen LogP) is 11.3. The van der Waals surface area contributed by atoms with Crippen LogP contribution in [0.5, 0.6) is 17.2 Å². The number of hydrogen-bond donors (Lipinski definition) is 0. The van der Waals surface area contributed by atoms with Crippen LogP contribution in [0.2, 0.25) is 15.1 Å². The third-order valence-electron chi connectivity index (χ3n) is 15.1. The number of benzene rings is 7. The Kier molecular flexibility index (Phi) is 24.5. The van der Waals surface area contributed by atoms with Crippen molar-refractivity contribution in [3.05, 3.63) is 213 Å². The molecule has 18 heteroatoms. The van der Waals surface area contributed by atoms with E-state index in [-0.39, 0.29) is 54.9 Å². The highest BCUT2D eigenvalue weighted by atomic mass is 35.5. The van der Waals surface area contributed by atoms with E-state index in [1.165, 1.54) is 0 Å². The van der Waals surface area contributed by atoms with Gasteiger partial charge in [0.05, 0.1) is 10.0 Å². The zero-order chi connectivity index (χ0) is 61.5. The minimum atomic E-state index is -0.0177. The second kappa shape index (κ2) is 32.9. The molecule has 0 radical (unpaired) electrons. The molecule has 0 spiro atoms. The topological polar surface area (TPSA) is 150 Å². The first kappa shape index (κ1) is 64.6. The number of hydrogen-bond acceptors (Lipinski definition) is 12. The summed E-state index contributed by atoms with van der Waals surface area (Å²) in [6, 6.07) is 54.4. The number of carbonyl (C=O) groups excluding carboxylic acids is 6. The van der Waals surface area contributed by atoms with Crippen LogP contribution in [0.3, 0.4) is 0 Å². The van der Waals surface area contributed by atoms with Crippen molar-refractivity contribution in [1.82, 2.24) is 14.7 Å². The molecule has 3 aliphatic heterocycles. The molecule has 3 fully saturated rings. The molecule has 0 aromatic heterocycles. The largest absolute Gasteiger partial charge is 0.486 e. The van der Waals surface area contributed by atoms with Gasteiger partial charge in [0, 0.05) is 139 Å². The van der Waals surface area contributed by atoms with Crippen molar-refractivity contribution in [2.75, 3.05) is 113 Å². The maximum absolute atomic E-state index is 12.7. The van der Waals surface area contributed by atoms with Crippen LogP contribution < -0.4 is 28.9 Å². The molecule has 15 nitrogen and oxygen atoms in total. The number of para-hydroxylation sites is 5. The second-order valence-corrected chi connectivity index (χ2v) is 22.3. The van der Waals surface area contributed by atoms with Crippen molar-refractivity contribution in [2.24, 2.45) is 0 Å². The van der Waals surface area contributed by atoms with Crippen molar-refractivity contribution in [2.45, 2.75) is 39.5 Å². The fourth-order valence-electron chi connectivity index (χ4n) is 10.4. The summed E-state index contributed by atoms with van der Waals surface area (Å²) in [6.45, 7) is 12.1. The molecule has 0 aliphatic carbocycles. The fourth-order valence-corrected chi connectivity index (χ4v) is 10.9. The van der Waals surface area contributed by atoms with Gasteiger partial charge < -0.3 is 43.6 Å². The molecule has 454 valence electrons. The Hall–Kier alpha value is -8.37. The summed E-state index contributed by atoms with van der Waals surface area (Å²) < 4.78 is 16.7. The van der Waals surface area contributed by atoms with E-state index in [4.69, 9.17) is 49.0 Å². The van der Waals surface area contributed by atoms with Crippen molar-refractivity contribution in [3.8, 4) is 17.2 Å². The molecule has 0 saturated carbocycles. The van der Waals surface area contributed by atoms with E-state index >= 15 is 0 Å². The monoisotopic (exact) mass is 1230 g/mol. The average Bonchev–Trinajstić information content (AvgIpc) is 3.75. The van der Waals surface area contributed by atoms with Gasteiger partial charge in [0.25, 0.3) is 5.91 Å². The molecule has 3 aliphatic rings. The highest BCUT2D eigenvalue weighted by Crippen LogP contribution is 2.29. The summed E-state index contributed by atoms with van der Waals surface area (Å²) in [5.41, 5.74) is 6.78. The van der Waals surface area contributed by atoms with E-state index in [1.54, 1.807) is 55.5 Å². The van der Waals surface area contributed by atoms with Gasteiger partial charge in [-0.1, -0.05) is 139 Å². The normalized spacial score (nSPS) is 13.9. The average molecular weight is 1240 g/mol. The SMILES string of the molecule is CC(=O)N1CCN(c2ccccc2CC(=O)COc2ccccc2Cl)CC1.CCC(=O)N1CCN(c2ccccc2CC(=O)COc2ccccc2Cl)CC1.O=C(COc1ccc(Cl)cc1)Cc1ccccc1N1CCN(C(=O)c2ccccc2)CC1. The standard InChI is InChI=1S/C26H25ClN2O3.C22H25ClN2O3.C21H23ClN2O3/c27-22-10-12-24(13-11-22)32-19-23(30)18-21-8-4-5-9-25(21)28-14-16-29(17-15-28)26(31)20-6-2-1-3-7-20;1-2-22(27)25-13-11-24(12-14-25)20-9-5-3-7-17(20)15-18(26)16-28-21-10-6-4-8-19(21)23;1-16(25)23-10-12-24(13-11-23)20-8-4-2-6-17(20)14-18(26)15-27-21-9-5-3-7-19(21)22/h1-13H,14-19H2;3-10H,2,11-16H2,1H3;2-9H,10-15H2,1H3. The third kappa shape index (κ3) is 19.3. The highest BCUT2D eigenvalue weighted by molar-refractivity contribution is 6.32. The van der Waals surface area contributed by atoms with Crippen molar-refractivity contribution in [3.63, 3.8) is 0 Å². The second-order valence-electron chi connectivity index (χ2n) is 21.1. The molecule has 0 unspecified atom stereocenters. The number of carbonyl (C=O) groups is 6. The van der Waals surface area contributed by atoms with Crippen LogP contribution in [0, 0.1) is 0 Å². The Morgan fingerprint density at radius 1 is 0.391 bits per heavy atom. The molecule has 3 saturated heterocycles. The van der Waals surface area contributed by atoms with E-state index in [0.29, 0.717) is 103 Å². The number of nitrogens with zero attached hydrogens (tertiary/aromatic N) is 6. The van der Waals surface area contributed by atoms with Gasteiger partial charge in [-0.3, -0.25) is 28.8 Å². The number of anilines is 3. The van der Waals surface area contributed by atoms with Gasteiger partial charge in [-0.25, -0.2) is 0 Å². The van der Waals surface area contributed by atoms with E-state index in [2.05, 4.69) is 14.7 Å². The summed E-state index contributed by atoms with van der Waals surface area (Å²) in [6.07, 6.45) is 1.44. The Balaban J connectivity index is 0.000000170. The van der Waals surface area contributed by atoms with Gasteiger partial charge in [0.15, 0.2) is 17.3 Å². The summed E-state index contributed by atoms with van der Waals surface area (Å²) >= 11 is 18.0. The summed E-state index contributed by atoms with van der Waals surface area (Å²) in [7, 11) is 0. The summed E-state index contributed by atoms with van der Waals surface area (Å²) in [4.78, 5) is 85.9. The van der Waals surface area contributed by atoms with Crippen LogP contribution in [0.15, 0.2) is 176 Å². The third-order valence-corrected chi connectivity index (χ3v) is 15.9. The number of ketones is 3. The minimum absolute atomic E-state index is 0.00490. The number of rotatable bonds is 20. The fraction of sp³-hybridized carbons (Fsp3) is 0.304. The molecule has 87 heavy (non-hydrogen) atoms. The number of piperazine rings is 3. The lowest BCUT2D eigenvalue weighted by atomic mass is 10.1. The number of halogens is 3. The van der Waals surface area contributed by atoms with E-state index < -0.39 is 0 Å². The maximum atomic E-state index is 12.7. The van der Waals surface area contributed by atoms with Crippen LogP contribution in [0.1, 0.15) is 47.3 Å². The van der Waals surface area contributed by atoms with Gasteiger partial charge in [-0.2, -0.15) is 0 Å². The molecular weight excluding hydrogens is 1160 g/mol. The van der Waals surface area contributed by atoms with E-state index in [0.717, 1.165) is 73.0 Å². The van der Waals surface area contributed by atoms with Gasteiger partial charge in [-0.05, 0) is 95.6 Å². The van der Waals surface area contributed by atoms with Crippen LogP contribution in [0.4, 0.5) is 17.1 Å². The van der Waals surface area contributed by atoms with Crippen LogP contribution in [-0.2, 0) is 43.2 Å². The molecule has 0 bridgehead atoms. The van der Waals surface area contributed by atoms with E-state index in [1.807, 2.05) is 149 Å². The minimum Gasteiger partial charge on any atom is -0.486 e. The van der Waals surface area contributed by atoms with Crippen LogP contribution >= 0.6 is 34.8 Å². The summed E-state index contributed by atoms with van der Waals surface area (Å²) in [5.74, 6) is 2.00. The quantitative estimate of drug-likeness (QED) is 0.0715. The van der Waals surface area contributed by atoms with E-state index in [9.17, 15) is 28.8 Å². The predicted molar refractivity (Wildman–Crippen MR) is 344 cm³/mol. The van der Waals surface area contributed by atoms with Gasteiger partial charge >= 0.3 is 0 Å². The van der Waals surface area contributed by atoms with Gasteiger partial charge in [-0.15, -0.1) is 0 Å². The Morgan fingerprint density at radius 2 is 0.747 bits per heavy atom. The molecule has 0 atom stereocenters. The van der Waals surface area contributed by atoms with Gasteiger partial charge in [0.2, 0.25) is 11.8 Å². The Labute approximate surface area is 524 Å². The molecule has 0 N–H and O–H groups in total. The van der Waals surface area contributed by atoms with Crippen LogP contribution in [0.25, 0.3) is 0 Å². The lowest BCUT2D eigenvalue weighted by Gasteiger charge is -2.37. The number of ether oxygens (including phenoxy) is 3. The van der Waals surface area contributed by atoms with Gasteiger partial charge in [0.1, 0.15) is 37.1 Å².